The van der Waals surface area contributed by atoms with Crippen LogP contribution in [0.25, 0.3) is 0 Å². The number of benzene rings is 1. The van der Waals surface area contributed by atoms with E-state index in [2.05, 4.69) is 21.7 Å². The maximum Gasteiger partial charge on any atom is 0.244 e. The predicted octanol–water partition coefficient (Wildman–Crippen LogP) is 1.45. The molecule has 0 aliphatic carbocycles. The standard InChI is InChI=1S/C17H19N3O2S/c18-17(22)16(12-4-2-1-3-5-12)19-15(21)11-20-8-6-14-13(10-20)7-9-23-14/h1-5,7,9,16H,6,8,10-11H2,(H2,18,22)(H,19,21)/t16-/m1/s1. The summed E-state index contributed by atoms with van der Waals surface area (Å²) in [6, 6.07) is 10.4. The number of rotatable bonds is 5. The number of thiophene rings is 1. The summed E-state index contributed by atoms with van der Waals surface area (Å²) < 4.78 is 0. The van der Waals surface area contributed by atoms with Crippen LogP contribution in [0.4, 0.5) is 0 Å². The minimum atomic E-state index is -0.787. The van der Waals surface area contributed by atoms with Crippen molar-refractivity contribution in [3.05, 3.63) is 57.8 Å². The van der Waals surface area contributed by atoms with E-state index in [4.69, 9.17) is 5.73 Å². The van der Waals surface area contributed by atoms with Crippen LogP contribution in [0.15, 0.2) is 41.8 Å². The van der Waals surface area contributed by atoms with Crippen molar-refractivity contribution in [2.45, 2.75) is 19.0 Å². The van der Waals surface area contributed by atoms with Gasteiger partial charge in [-0.2, -0.15) is 0 Å². The molecule has 0 unspecified atom stereocenters. The molecule has 0 saturated carbocycles. The summed E-state index contributed by atoms with van der Waals surface area (Å²) in [5, 5.41) is 4.84. The lowest BCUT2D eigenvalue weighted by atomic mass is 10.1. The molecule has 2 heterocycles. The maximum absolute atomic E-state index is 12.3. The fraction of sp³-hybridized carbons (Fsp3) is 0.294. The molecule has 23 heavy (non-hydrogen) atoms. The molecule has 120 valence electrons. The summed E-state index contributed by atoms with van der Waals surface area (Å²) in [6.45, 7) is 1.90. The number of nitrogens with one attached hydrogen (secondary N) is 1. The van der Waals surface area contributed by atoms with Crippen molar-refractivity contribution in [3.63, 3.8) is 0 Å². The zero-order valence-electron chi connectivity index (χ0n) is 12.7. The van der Waals surface area contributed by atoms with E-state index in [1.54, 1.807) is 23.5 Å². The average molecular weight is 329 g/mol. The van der Waals surface area contributed by atoms with Crippen molar-refractivity contribution in [2.24, 2.45) is 5.73 Å². The number of amides is 2. The molecule has 0 bridgehead atoms. The zero-order valence-corrected chi connectivity index (χ0v) is 13.5. The number of hydrogen-bond acceptors (Lipinski definition) is 4. The molecular formula is C17H19N3O2S. The van der Waals surface area contributed by atoms with E-state index in [9.17, 15) is 9.59 Å². The molecule has 0 saturated heterocycles. The van der Waals surface area contributed by atoms with Crippen molar-refractivity contribution >= 4 is 23.2 Å². The Labute approximate surface area is 139 Å². The monoisotopic (exact) mass is 329 g/mol. The van der Waals surface area contributed by atoms with Crippen LogP contribution < -0.4 is 11.1 Å². The van der Waals surface area contributed by atoms with Crippen molar-refractivity contribution < 1.29 is 9.59 Å². The second kappa shape index (κ2) is 6.93. The summed E-state index contributed by atoms with van der Waals surface area (Å²) in [4.78, 5) is 27.4. The van der Waals surface area contributed by atoms with Crippen molar-refractivity contribution in [1.29, 1.82) is 0 Å². The van der Waals surface area contributed by atoms with Gasteiger partial charge in [0.1, 0.15) is 6.04 Å². The number of hydrogen-bond donors (Lipinski definition) is 2. The van der Waals surface area contributed by atoms with Gasteiger partial charge in [0.25, 0.3) is 0 Å². The van der Waals surface area contributed by atoms with E-state index in [1.165, 1.54) is 10.4 Å². The Bertz CT molecular complexity index is 699. The molecular weight excluding hydrogens is 310 g/mol. The molecule has 0 radical (unpaired) electrons. The average Bonchev–Trinajstić information content (AvgIpc) is 3.01. The second-order valence-electron chi connectivity index (χ2n) is 5.64. The van der Waals surface area contributed by atoms with Gasteiger partial charge in [-0.25, -0.2) is 0 Å². The zero-order chi connectivity index (χ0) is 16.2. The van der Waals surface area contributed by atoms with Gasteiger partial charge in [0.2, 0.25) is 11.8 Å². The van der Waals surface area contributed by atoms with Gasteiger partial charge in [0.05, 0.1) is 6.54 Å². The quantitative estimate of drug-likeness (QED) is 0.872. The van der Waals surface area contributed by atoms with Crippen LogP contribution in [0.2, 0.25) is 0 Å². The SMILES string of the molecule is NC(=O)[C@H](NC(=O)CN1CCc2sccc2C1)c1ccccc1. The van der Waals surface area contributed by atoms with Crippen LogP contribution in [0.5, 0.6) is 0 Å². The summed E-state index contributed by atoms with van der Waals surface area (Å²) in [6.07, 6.45) is 0.970. The lowest BCUT2D eigenvalue weighted by Gasteiger charge is -2.27. The van der Waals surface area contributed by atoms with E-state index < -0.39 is 11.9 Å². The van der Waals surface area contributed by atoms with E-state index in [-0.39, 0.29) is 12.5 Å². The summed E-state index contributed by atoms with van der Waals surface area (Å²) in [5.41, 5.74) is 7.43. The maximum atomic E-state index is 12.3. The topological polar surface area (TPSA) is 75.4 Å². The van der Waals surface area contributed by atoms with Crippen LogP contribution in [-0.4, -0.2) is 29.8 Å². The highest BCUT2D eigenvalue weighted by atomic mass is 32.1. The Morgan fingerprint density at radius 1 is 1.26 bits per heavy atom. The van der Waals surface area contributed by atoms with Gasteiger partial charge in [0, 0.05) is 18.0 Å². The fourth-order valence-corrected chi connectivity index (χ4v) is 3.71. The first kappa shape index (κ1) is 15.7. The van der Waals surface area contributed by atoms with Gasteiger partial charge in [0.15, 0.2) is 0 Å². The number of carbonyl (C=O) groups is 2. The highest BCUT2D eigenvalue weighted by Crippen LogP contribution is 2.23. The molecule has 5 nitrogen and oxygen atoms in total. The normalized spacial score (nSPS) is 15.7. The molecule has 1 aromatic heterocycles. The van der Waals surface area contributed by atoms with Crippen molar-refractivity contribution in [1.82, 2.24) is 10.2 Å². The largest absolute Gasteiger partial charge is 0.368 e. The first-order valence-corrected chi connectivity index (χ1v) is 8.42. The lowest BCUT2D eigenvalue weighted by Crippen LogP contribution is -2.44. The molecule has 0 spiro atoms. The van der Waals surface area contributed by atoms with Gasteiger partial charge in [-0.1, -0.05) is 30.3 Å². The van der Waals surface area contributed by atoms with Gasteiger partial charge in [-0.05, 0) is 29.0 Å². The molecule has 1 aromatic carbocycles. The van der Waals surface area contributed by atoms with Crippen molar-refractivity contribution in [3.8, 4) is 0 Å². The van der Waals surface area contributed by atoms with E-state index in [0.29, 0.717) is 5.56 Å². The Morgan fingerprint density at radius 3 is 2.78 bits per heavy atom. The number of fused-ring (bicyclic) bond motifs is 1. The van der Waals surface area contributed by atoms with Gasteiger partial charge in [-0.3, -0.25) is 14.5 Å². The number of carbonyl (C=O) groups excluding carboxylic acids is 2. The van der Waals surface area contributed by atoms with E-state index in [0.717, 1.165) is 19.5 Å². The van der Waals surface area contributed by atoms with Gasteiger partial charge >= 0.3 is 0 Å². The fourth-order valence-electron chi connectivity index (χ4n) is 2.82. The third-order valence-electron chi connectivity index (χ3n) is 3.98. The highest BCUT2D eigenvalue weighted by Gasteiger charge is 2.23. The van der Waals surface area contributed by atoms with Crippen LogP contribution >= 0.6 is 11.3 Å². The number of primary amides is 1. The third-order valence-corrected chi connectivity index (χ3v) is 5.00. The molecule has 1 atom stereocenters. The smallest absolute Gasteiger partial charge is 0.244 e. The number of nitrogens with zero attached hydrogens (tertiary/aromatic N) is 1. The van der Waals surface area contributed by atoms with Crippen LogP contribution in [0.3, 0.4) is 0 Å². The minimum Gasteiger partial charge on any atom is -0.368 e. The number of nitrogens with two attached hydrogens (primary N) is 1. The Morgan fingerprint density at radius 2 is 2.04 bits per heavy atom. The Hall–Kier alpha value is -2.18. The first-order chi connectivity index (χ1) is 11.1. The van der Waals surface area contributed by atoms with Crippen LogP contribution in [-0.2, 0) is 22.6 Å². The summed E-state index contributed by atoms with van der Waals surface area (Å²) in [5.74, 6) is -0.736. The highest BCUT2D eigenvalue weighted by molar-refractivity contribution is 7.10. The van der Waals surface area contributed by atoms with E-state index >= 15 is 0 Å². The molecule has 2 amide bonds. The summed E-state index contributed by atoms with van der Waals surface area (Å²) in [7, 11) is 0. The molecule has 0 fully saturated rings. The predicted molar refractivity (Wildman–Crippen MR) is 89.8 cm³/mol. The van der Waals surface area contributed by atoms with Crippen LogP contribution in [0.1, 0.15) is 22.0 Å². The lowest BCUT2D eigenvalue weighted by molar-refractivity contribution is -0.128. The van der Waals surface area contributed by atoms with Gasteiger partial charge in [-0.15, -0.1) is 11.3 Å². The Balaban J connectivity index is 1.61. The van der Waals surface area contributed by atoms with Crippen LogP contribution in [0, 0.1) is 0 Å². The minimum absolute atomic E-state index is 0.184. The molecule has 1 aliphatic rings. The molecule has 3 N–H and O–H groups in total. The van der Waals surface area contributed by atoms with Gasteiger partial charge < -0.3 is 11.1 Å². The third kappa shape index (κ3) is 3.78. The first-order valence-electron chi connectivity index (χ1n) is 7.54. The van der Waals surface area contributed by atoms with E-state index in [1.807, 2.05) is 18.2 Å². The summed E-state index contributed by atoms with van der Waals surface area (Å²) >= 11 is 1.77. The molecule has 1 aliphatic heterocycles. The van der Waals surface area contributed by atoms with Crippen molar-refractivity contribution in [2.75, 3.05) is 13.1 Å². The molecule has 2 aromatic rings. The molecule has 6 heteroatoms. The molecule has 3 rings (SSSR count). The Kier molecular flexibility index (Phi) is 4.73. The second-order valence-corrected chi connectivity index (χ2v) is 6.64.